The van der Waals surface area contributed by atoms with Crippen LogP contribution in [0.5, 0.6) is 0 Å². The Morgan fingerprint density at radius 1 is 1.00 bits per heavy atom. The summed E-state index contributed by atoms with van der Waals surface area (Å²) in [6, 6.07) is 0. The molecule has 0 aromatic carbocycles. The average molecular weight is 555 g/mol. The van der Waals surface area contributed by atoms with Crippen molar-refractivity contribution in [1.82, 2.24) is 34.4 Å². The molecule has 1 aliphatic heterocycles. The lowest BCUT2D eigenvalue weighted by Crippen LogP contribution is -2.56. The number of carbonyl (C=O) groups is 1. The summed E-state index contributed by atoms with van der Waals surface area (Å²) < 4.78 is 46.2. The largest absolute Gasteiger partial charge is 0.406 e. The van der Waals surface area contributed by atoms with Crippen LogP contribution in [0.25, 0.3) is 22.6 Å². The van der Waals surface area contributed by atoms with Gasteiger partial charge in [0, 0.05) is 36.6 Å². The Labute approximate surface area is 223 Å². The lowest BCUT2D eigenvalue weighted by molar-refractivity contribution is -0.140. The van der Waals surface area contributed by atoms with Gasteiger partial charge < -0.3 is 14.5 Å². The number of anilines is 1. The molecule has 0 N–H and O–H groups in total. The van der Waals surface area contributed by atoms with Gasteiger partial charge in [0.1, 0.15) is 6.54 Å². The van der Waals surface area contributed by atoms with Gasteiger partial charge in [-0.25, -0.2) is 24.9 Å². The number of hydrogen-bond donors (Lipinski definition) is 0. The summed E-state index contributed by atoms with van der Waals surface area (Å²) in [6.45, 7) is 12.0. The molecule has 0 radical (unpaired) electrons. The van der Waals surface area contributed by atoms with Crippen molar-refractivity contribution < 1.29 is 22.7 Å². The number of aromatic nitrogens is 6. The zero-order valence-corrected chi connectivity index (χ0v) is 22.9. The summed E-state index contributed by atoms with van der Waals surface area (Å²) in [7, 11) is 0. The van der Waals surface area contributed by atoms with Gasteiger partial charge >= 0.3 is 6.18 Å². The van der Waals surface area contributed by atoms with E-state index in [9.17, 15) is 18.0 Å². The highest BCUT2D eigenvalue weighted by Gasteiger charge is 2.37. The zero-order valence-electron chi connectivity index (χ0n) is 22.1. The molecule has 0 atom stereocenters. The number of rotatable bonds is 4. The minimum atomic E-state index is -4.54. The number of fused-ring (bicyclic) bond motifs is 1. The molecule has 14 heteroatoms. The van der Waals surface area contributed by atoms with Crippen molar-refractivity contribution in [2.45, 2.75) is 65.3 Å². The fourth-order valence-corrected chi connectivity index (χ4v) is 4.90. The van der Waals surface area contributed by atoms with Crippen LogP contribution < -0.4 is 4.90 Å². The molecule has 0 unspecified atom stereocenters. The van der Waals surface area contributed by atoms with Gasteiger partial charge in [0.2, 0.25) is 11.1 Å². The first-order valence-corrected chi connectivity index (χ1v) is 12.4. The third kappa shape index (κ3) is 5.83. The molecule has 206 valence electrons. The van der Waals surface area contributed by atoms with Gasteiger partial charge in [0.15, 0.2) is 22.8 Å². The van der Waals surface area contributed by atoms with Crippen LogP contribution >= 0.6 is 11.6 Å². The van der Waals surface area contributed by atoms with E-state index in [-0.39, 0.29) is 34.0 Å². The number of amides is 1. The molecule has 3 aromatic rings. The van der Waals surface area contributed by atoms with Gasteiger partial charge in [-0.1, -0.05) is 0 Å². The highest BCUT2D eigenvalue weighted by molar-refractivity contribution is 6.29. The Morgan fingerprint density at radius 2 is 1.58 bits per heavy atom. The normalized spacial score (nSPS) is 15.3. The van der Waals surface area contributed by atoms with Gasteiger partial charge in [-0.15, -0.1) is 0 Å². The summed E-state index contributed by atoms with van der Waals surface area (Å²) >= 11 is 6.12. The van der Waals surface area contributed by atoms with E-state index in [1.807, 2.05) is 46.4 Å². The molecule has 10 nitrogen and oxygen atoms in total. The first kappa shape index (κ1) is 28.0. The molecule has 0 aliphatic carbocycles. The topological polar surface area (TPSA) is 102 Å². The average Bonchev–Trinajstić information content (AvgIpc) is 3.11. The molecule has 4 heterocycles. The molecule has 0 bridgehead atoms. The predicted octanol–water partition coefficient (Wildman–Crippen LogP) is 4.37. The highest BCUT2D eigenvalue weighted by atomic mass is 35.5. The van der Waals surface area contributed by atoms with Crippen LogP contribution in [-0.2, 0) is 11.3 Å². The van der Waals surface area contributed by atoms with E-state index < -0.39 is 23.8 Å². The molecule has 1 saturated heterocycles. The van der Waals surface area contributed by atoms with E-state index in [1.54, 1.807) is 4.90 Å². The molecule has 1 amide bonds. The number of imidazole rings is 1. The van der Waals surface area contributed by atoms with Gasteiger partial charge in [0.25, 0.3) is 5.91 Å². The number of halogens is 4. The van der Waals surface area contributed by atoms with E-state index in [2.05, 4.69) is 24.9 Å². The van der Waals surface area contributed by atoms with E-state index in [1.165, 1.54) is 12.4 Å². The molecule has 1 aliphatic rings. The second-order valence-electron chi connectivity index (χ2n) is 11.0. The van der Waals surface area contributed by atoms with Crippen molar-refractivity contribution in [2.24, 2.45) is 0 Å². The summed E-state index contributed by atoms with van der Waals surface area (Å²) in [5, 5.41) is -0.347. The van der Waals surface area contributed by atoms with Crippen LogP contribution in [0, 0.1) is 0 Å². The van der Waals surface area contributed by atoms with Crippen molar-refractivity contribution in [1.29, 1.82) is 0 Å². The monoisotopic (exact) mass is 554 g/mol. The Morgan fingerprint density at radius 3 is 2.11 bits per heavy atom. The minimum absolute atomic E-state index is 0.0155. The third-order valence-corrected chi connectivity index (χ3v) is 6.11. The number of alkyl halides is 3. The number of hydrogen-bond acceptors (Lipinski definition) is 8. The maximum absolute atomic E-state index is 13.3. The Bertz CT molecular complexity index is 1310. The number of nitrogens with zero attached hydrogens (tertiary/aromatic N) is 8. The highest BCUT2D eigenvalue weighted by Crippen LogP contribution is 2.32. The van der Waals surface area contributed by atoms with Gasteiger partial charge in [0.05, 0.1) is 18.8 Å². The van der Waals surface area contributed by atoms with E-state index in [0.717, 1.165) is 4.57 Å². The number of carbonyl (C=O) groups excluding carboxylic acids is 1. The van der Waals surface area contributed by atoms with Crippen LogP contribution in [0.3, 0.4) is 0 Å². The fraction of sp³-hybridized carbons (Fsp3) is 0.583. The summed E-state index contributed by atoms with van der Waals surface area (Å²) in [5.41, 5.74) is -0.565. The zero-order chi connectivity index (χ0) is 28.0. The Balaban J connectivity index is 1.79. The second kappa shape index (κ2) is 9.92. The fourth-order valence-electron chi connectivity index (χ4n) is 4.67. The molecular weight excluding hydrogens is 525 g/mol. The van der Waals surface area contributed by atoms with Crippen LogP contribution in [0.4, 0.5) is 19.0 Å². The van der Waals surface area contributed by atoms with Crippen molar-refractivity contribution in [3.8, 4) is 11.4 Å². The Kier molecular flexibility index (Phi) is 7.30. The van der Waals surface area contributed by atoms with Crippen LogP contribution in [0.2, 0.25) is 5.28 Å². The van der Waals surface area contributed by atoms with E-state index in [4.69, 9.17) is 16.3 Å². The van der Waals surface area contributed by atoms with Crippen molar-refractivity contribution in [3.05, 3.63) is 23.5 Å². The molecule has 3 aromatic heterocycles. The molecule has 0 saturated carbocycles. The van der Waals surface area contributed by atoms with Gasteiger partial charge in [-0.3, -0.25) is 9.36 Å². The van der Waals surface area contributed by atoms with E-state index >= 15 is 0 Å². The van der Waals surface area contributed by atoms with Gasteiger partial charge in [-0.2, -0.15) is 13.2 Å². The van der Waals surface area contributed by atoms with Crippen molar-refractivity contribution in [3.63, 3.8) is 0 Å². The maximum atomic E-state index is 13.3. The van der Waals surface area contributed by atoms with Crippen LogP contribution in [0.1, 0.15) is 52.2 Å². The summed E-state index contributed by atoms with van der Waals surface area (Å²) in [4.78, 5) is 38.5. The van der Waals surface area contributed by atoms with Gasteiger partial charge in [-0.05, 0) is 53.1 Å². The minimum Gasteiger partial charge on any atom is -0.378 e. The summed E-state index contributed by atoms with van der Waals surface area (Å²) in [5.74, 6) is 0.0552. The first-order chi connectivity index (χ1) is 17.6. The third-order valence-electron chi connectivity index (χ3n) is 5.82. The van der Waals surface area contributed by atoms with Crippen LogP contribution in [0.15, 0.2) is 12.4 Å². The summed E-state index contributed by atoms with van der Waals surface area (Å²) in [6.07, 6.45) is -1.77. The van der Waals surface area contributed by atoms with Crippen molar-refractivity contribution >= 4 is 34.5 Å². The molecule has 0 spiro atoms. The number of ether oxygens (including phenoxy) is 1. The maximum Gasteiger partial charge on any atom is 0.406 e. The van der Waals surface area contributed by atoms with Crippen molar-refractivity contribution in [2.75, 3.05) is 31.2 Å². The Hall–Kier alpha value is -3.06. The molecule has 38 heavy (non-hydrogen) atoms. The van der Waals surface area contributed by atoms with E-state index in [0.29, 0.717) is 37.7 Å². The first-order valence-electron chi connectivity index (χ1n) is 12.1. The predicted molar refractivity (Wildman–Crippen MR) is 136 cm³/mol. The molecule has 1 fully saturated rings. The molecular formula is C24H30ClF3N8O2. The lowest BCUT2D eigenvalue weighted by Gasteiger charge is -2.45. The van der Waals surface area contributed by atoms with Crippen LogP contribution in [-0.4, -0.2) is 83.9 Å². The second-order valence-corrected chi connectivity index (χ2v) is 11.3. The lowest BCUT2D eigenvalue weighted by atomic mass is 9.95. The molecule has 4 rings (SSSR count). The SMILES string of the molecule is CC(C)(C)N(C(=O)c1ncc(-c2nc(N3CCOCC3)c3nc(Cl)n(CC(F)(F)F)c3n2)cn1)C(C)(C)C. The quantitative estimate of drug-likeness (QED) is 0.438. The smallest absolute Gasteiger partial charge is 0.378 e. The number of morpholine rings is 1. The standard InChI is InChI=1S/C24H30ClF3N8O2/c1-22(2,3)36(23(4,5)6)20(37)17-29-11-14(12-30-17)16-32-18(34-7-9-38-10-8-34)15-19(33-16)35(21(25)31-15)13-24(26,27)28/h11-12H,7-10,13H2,1-6H3.